The van der Waals surface area contributed by atoms with Gasteiger partial charge in [0.1, 0.15) is 0 Å². The number of carbonyl (C=O) groups is 2. The van der Waals surface area contributed by atoms with Crippen LogP contribution in [0.25, 0.3) is 0 Å². The van der Waals surface area contributed by atoms with E-state index in [1.165, 1.54) is 6.92 Å². The van der Waals surface area contributed by atoms with Gasteiger partial charge in [0, 0.05) is 32.5 Å². The van der Waals surface area contributed by atoms with Crippen LogP contribution in [0.2, 0.25) is 0 Å². The molecular formula is C13H24N2O2. The summed E-state index contributed by atoms with van der Waals surface area (Å²) in [7, 11) is 0. The molecule has 0 aliphatic carbocycles. The number of piperidine rings is 1. The van der Waals surface area contributed by atoms with E-state index < -0.39 is 0 Å². The summed E-state index contributed by atoms with van der Waals surface area (Å²) >= 11 is 0. The van der Waals surface area contributed by atoms with E-state index in [4.69, 9.17) is 0 Å². The molecule has 17 heavy (non-hydrogen) atoms. The number of nitrogens with one attached hydrogen (secondary N) is 1. The van der Waals surface area contributed by atoms with E-state index in [0.717, 1.165) is 13.0 Å². The molecular weight excluding hydrogens is 216 g/mol. The molecule has 0 saturated carbocycles. The van der Waals surface area contributed by atoms with E-state index in [-0.39, 0.29) is 17.9 Å². The lowest BCUT2D eigenvalue weighted by molar-refractivity contribution is -0.134. The number of hydrogen-bond donors (Lipinski definition) is 1. The molecule has 2 atom stereocenters. The van der Waals surface area contributed by atoms with Crippen LogP contribution >= 0.6 is 0 Å². The van der Waals surface area contributed by atoms with Crippen LogP contribution in [0.15, 0.2) is 0 Å². The van der Waals surface area contributed by atoms with Gasteiger partial charge in [0.15, 0.2) is 0 Å². The molecule has 0 aromatic heterocycles. The van der Waals surface area contributed by atoms with Crippen molar-refractivity contribution in [3.8, 4) is 0 Å². The summed E-state index contributed by atoms with van der Waals surface area (Å²) in [5.74, 6) is 1.20. The Morgan fingerprint density at radius 1 is 1.35 bits per heavy atom. The van der Waals surface area contributed by atoms with Crippen LogP contribution in [-0.4, -0.2) is 35.8 Å². The van der Waals surface area contributed by atoms with E-state index >= 15 is 0 Å². The van der Waals surface area contributed by atoms with Gasteiger partial charge >= 0.3 is 0 Å². The van der Waals surface area contributed by atoms with E-state index in [2.05, 4.69) is 19.2 Å². The quantitative estimate of drug-likeness (QED) is 0.810. The van der Waals surface area contributed by atoms with Crippen molar-refractivity contribution < 1.29 is 9.59 Å². The SMILES string of the molecule is CCC(=O)N1CC(NC(C)=O)CC(C(C)C)C1. The number of hydrogen-bond acceptors (Lipinski definition) is 2. The molecule has 98 valence electrons. The van der Waals surface area contributed by atoms with Gasteiger partial charge in [-0.2, -0.15) is 0 Å². The van der Waals surface area contributed by atoms with Gasteiger partial charge in [-0.1, -0.05) is 20.8 Å². The lowest BCUT2D eigenvalue weighted by atomic mass is 9.85. The van der Waals surface area contributed by atoms with E-state index in [1.54, 1.807) is 0 Å². The standard InChI is InChI=1S/C13H24N2O2/c1-5-13(17)15-7-11(9(2)3)6-12(8-15)14-10(4)16/h9,11-12H,5-8H2,1-4H3,(H,14,16). The average molecular weight is 240 g/mol. The Labute approximate surface area is 104 Å². The van der Waals surface area contributed by atoms with Gasteiger partial charge in [-0.3, -0.25) is 9.59 Å². The smallest absolute Gasteiger partial charge is 0.222 e. The van der Waals surface area contributed by atoms with Gasteiger partial charge in [-0.25, -0.2) is 0 Å². The molecule has 1 aliphatic heterocycles. The first-order valence-electron chi connectivity index (χ1n) is 6.48. The molecule has 1 saturated heterocycles. The van der Waals surface area contributed by atoms with E-state index in [1.807, 2.05) is 11.8 Å². The highest BCUT2D eigenvalue weighted by atomic mass is 16.2. The summed E-state index contributed by atoms with van der Waals surface area (Å²) in [6.07, 6.45) is 1.52. The second kappa shape index (κ2) is 6.03. The molecule has 2 unspecified atom stereocenters. The molecule has 4 nitrogen and oxygen atoms in total. The largest absolute Gasteiger partial charge is 0.352 e. The maximum Gasteiger partial charge on any atom is 0.222 e. The van der Waals surface area contributed by atoms with Gasteiger partial charge < -0.3 is 10.2 Å². The highest BCUT2D eigenvalue weighted by molar-refractivity contribution is 5.76. The van der Waals surface area contributed by atoms with Crippen LogP contribution in [0, 0.1) is 11.8 Å². The Hall–Kier alpha value is -1.06. The fourth-order valence-corrected chi connectivity index (χ4v) is 2.44. The highest BCUT2D eigenvalue weighted by Crippen LogP contribution is 2.24. The summed E-state index contributed by atoms with van der Waals surface area (Å²) in [6, 6.07) is 0.115. The third-order valence-corrected chi connectivity index (χ3v) is 3.49. The summed E-state index contributed by atoms with van der Waals surface area (Å²) in [5.41, 5.74) is 0. The van der Waals surface area contributed by atoms with Crippen LogP contribution < -0.4 is 5.32 Å². The predicted molar refractivity (Wildman–Crippen MR) is 67.4 cm³/mol. The van der Waals surface area contributed by atoms with Crippen molar-refractivity contribution in [2.75, 3.05) is 13.1 Å². The molecule has 1 fully saturated rings. The van der Waals surface area contributed by atoms with Crippen LogP contribution in [0.1, 0.15) is 40.5 Å². The molecule has 0 radical (unpaired) electrons. The third kappa shape index (κ3) is 4.02. The zero-order chi connectivity index (χ0) is 13.0. The van der Waals surface area contributed by atoms with Crippen LogP contribution in [0.3, 0.4) is 0 Å². The topological polar surface area (TPSA) is 49.4 Å². The van der Waals surface area contributed by atoms with Gasteiger partial charge in [-0.05, 0) is 18.3 Å². The molecule has 0 spiro atoms. The van der Waals surface area contributed by atoms with Crippen molar-refractivity contribution in [3.05, 3.63) is 0 Å². The molecule has 1 rings (SSSR count). The molecule has 1 aliphatic rings. The predicted octanol–water partition coefficient (Wildman–Crippen LogP) is 1.41. The normalized spacial score (nSPS) is 24.9. The van der Waals surface area contributed by atoms with Gasteiger partial charge in [-0.15, -0.1) is 0 Å². The van der Waals surface area contributed by atoms with Crippen LogP contribution in [0.5, 0.6) is 0 Å². The second-order valence-electron chi connectivity index (χ2n) is 5.29. The minimum atomic E-state index is -0.0108. The van der Waals surface area contributed by atoms with Gasteiger partial charge in [0.25, 0.3) is 0 Å². The Balaban J connectivity index is 2.68. The van der Waals surface area contributed by atoms with Crippen molar-refractivity contribution in [2.45, 2.75) is 46.6 Å². The summed E-state index contributed by atoms with van der Waals surface area (Å²) < 4.78 is 0. The molecule has 2 amide bonds. The molecule has 1 heterocycles. The lowest BCUT2D eigenvalue weighted by Crippen LogP contribution is -2.53. The van der Waals surface area contributed by atoms with E-state index in [0.29, 0.717) is 24.8 Å². The monoisotopic (exact) mass is 240 g/mol. The fourth-order valence-electron chi connectivity index (χ4n) is 2.44. The van der Waals surface area contributed by atoms with Crippen LogP contribution in [-0.2, 0) is 9.59 Å². The zero-order valence-corrected chi connectivity index (χ0v) is 11.3. The van der Waals surface area contributed by atoms with Crippen molar-refractivity contribution >= 4 is 11.8 Å². The van der Waals surface area contributed by atoms with Gasteiger partial charge in [0.2, 0.25) is 11.8 Å². The fraction of sp³-hybridized carbons (Fsp3) is 0.846. The minimum Gasteiger partial charge on any atom is -0.352 e. The molecule has 4 heteroatoms. The maximum atomic E-state index is 11.8. The average Bonchev–Trinajstić information content (AvgIpc) is 2.26. The Morgan fingerprint density at radius 3 is 2.47 bits per heavy atom. The van der Waals surface area contributed by atoms with Crippen molar-refractivity contribution in [3.63, 3.8) is 0 Å². The van der Waals surface area contributed by atoms with Crippen molar-refractivity contribution in [2.24, 2.45) is 11.8 Å². The minimum absolute atomic E-state index is 0.0108. The van der Waals surface area contributed by atoms with Crippen molar-refractivity contribution in [1.82, 2.24) is 10.2 Å². The Morgan fingerprint density at radius 2 is 2.00 bits per heavy atom. The number of rotatable bonds is 3. The number of amides is 2. The second-order valence-corrected chi connectivity index (χ2v) is 5.29. The Kier molecular flexibility index (Phi) is 4.97. The number of likely N-dealkylation sites (tertiary alicyclic amines) is 1. The molecule has 1 N–H and O–H groups in total. The molecule has 0 bridgehead atoms. The summed E-state index contributed by atoms with van der Waals surface area (Å²) in [4.78, 5) is 24.8. The zero-order valence-electron chi connectivity index (χ0n) is 11.3. The first kappa shape index (κ1) is 14.0. The highest BCUT2D eigenvalue weighted by Gasteiger charge is 2.31. The number of carbonyl (C=O) groups excluding carboxylic acids is 2. The van der Waals surface area contributed by atoms with E-state index in [9.17, 15) is 9.59 Å². The Bertz CT molecular complexity index is 289. The maximum absolute atomic E-state index is 11.8. The summed E-state index contributed by atoms with van der Waals surface area (Å²) in [6.45, 7) is 9.26. The first-order valence-corrected chi connectivity index (χ1v) is 6.48. The molecule has 0 aromatic rings. The van der Waals surface area contributed by atoms with Crippen LogP contribution in [0.4, 0.5) is 0 Å². The summed E-state index contributed by atoms with van der Waals surface area (Å²) in [5, 5.41) is 2.94. The lowest BCUT2D eigenvalue weighted by Gasteiger charge is -2.39. The first-order chi connectivity index (χ1) is 7.93. The third-order valence-electron chi connectivity index (χ3n) is 3.49. The number of nitrogens with zero attached hydrogens (tertiary/aromatic N) is 1. The van der Waals surface area contributed by atoms with Crippen molar-refractivity contribution in [1.29, 1.82) is 0 Å². The molecule has 0 aromatic carbocycles. The van der Waals surface area contributed by atoms with Gasteiger partial charge in [0.05, 0.1) is 0 Å².